The number of rotatable bonds is 6. The Morgan fingerprint density at radius 1 is 1.31 bits per heavy atom. The van der Waals surface area contributed by atoms with Crippen molar-refractivity contribution in [2.75, 3.05) is 6.61 Å². The SMILES string of the molecule is CC(=O)C(=O)[C@](N)(O)[C@@H](O)[C@H](O)[C@H](O)CO. The Morgan fingerprint density at radius 2 is 1.75 bits per heavy atom. The minimum absolute atomic E-state index is 0.821. The molecule has 0 aromatic heterocycles. The molecule has 0 heterocycles. The molecule has 7 N–H and O–H groups in total. The monoisotopic (exact) mass is 237 g/mol. The molecular formula is C8H15NO7. The van der Waals surface area contributed by atoms with E-state index in [0.29, 0.717) is 0 Å². The van der Waals surface area contributed by atoms with Gasteiger partial charge in [0, 0.05) is 6.92 Å². The number of hydrogen-bond donors (Lipinski definition) is 6. The third-order valence-corrected chi connectivity index (χ3v) is 2.04. The predicted molar refractivity (Wildman–Crippen MR) is 49.9 cm³/mol. The van der Waals surface area contributed by atoms with Crippen LogP contribution in [-0.2, 0) is 9.59 Å². The first kappa shape index (κ1) is 15.1. The van der Waals surface area contributed by atoms with Crippen LogP contribution in [-0.4, -0.2) is 67.7 Å². The van der Waals surface area contributed by atoms with Gasteiger partial charge in [-0.15, -0.1) is 0 Å². The minimum Gasteiger partial charge on any atom is -0.394 e. The lowest BCUT2D eigenvalue weighted by molar-refractivity contribution is -0.175. The van der Waals surface area contributed by atoms with E-state index in [0.717, 1.165) is 6.92 Å². The number of nitrogens with two attached hydrogens (primary N) is 1. The Balaban J connectivity index is 4.88. The van der Waals surface area contributed by atoms with Crippen LogP contribution in [0, 0.1) is 0 Å². The number of hydrogen-bond acceptors (Lipinski definition) is 8. The van der Waals surface area contributed by atoms with Gasteiger partial charge in [0.15, 0.2) is 5.78 Å². The van der Waals surface area contributed by atoms with E-state index in [4.69, 9.17) is 15.9 Å². The molecule has 0 aliphatic heterocycles. The Hall–Kier alpha value is -0.900. The van der Waals surface area contributed by atoms with Gasteiger partial charge in [0.25, 0.3) is 0 Å². The highest BCUT2D eigenvalue weighted by Gasteiger charge is 2.46. The third-order valence-electron chi connectivity index (χ3n) is 2.04. The van der Waals surface area contributed by atoms with Crippen LogP contribution >= 0.6 is 0 Å². The normalized spacial score (nSPS) is 20.7. The topological polar surface area (TPSA) is 161 Å². The molecule has 8 nitrogen and oxygen atoms in total. The Labute approximate surface area is 90.9 Å². The van der Waals surface area contributed by atoms with Gasteiger partial charge < -0.3 is 25.5 Å². The van der Waals surface area contributed by atoms with Crippen molar-refractivity contribution in [3.63, 3.8) is 0 Å². The summed E-state index contributed by atoms with van der Waals surface area (Å²) in [6.07, 6.45) is -6.17. The summed E-state index contributed by atoms with van der Waals surface area (Å²) < 4.78 is 0. The average molecular weight is 237 g/mol. The summed E-state index contributed by atoms with van der Waals surface area (Å²) in [5.41, 5.74) is 1.97. The predicted octanol–water partition coefficient (Wildman–Crippen LogP) is -4.13. The van der Waals surface area contributed by atoms with Gasteiger partial charge in [-0.25, -0.2) is 0 Å². The molecule has 0 saturated heterocycles. The zero-order valence-corrected chi connectivity index (χ0v) is 8.57. The highest BCUT2D eigenvalue weighted by molar-refractivity contribution is 6.39. The third kappa shape index (κ3) is 3.04. The molecule has 94 valence electrons. The van der Waals surface area contributed by atoms with E-state index >= 15 is 0 Å². The second kappa shape index (κ2) is 5.43. The molecule has 0 aromatic carbocycles. The first-order valence-corrected chi connectivity index (χ1v) is 4.37. The highest BCUT2D eigenvalue weighted by Crippen LogP contribution is 2.12. The van der Waals surface area contributed by atoms with Crippen LogP contribution in [0.5, 0.6) is 0 Å². The molecule has 0 aliphatic carbocycles. The fourth-order valence-electron chi connectivity index (χ4n) is 0.995. The standard InChI is InChI=1S/C8H15NO7/c1-3(11)6(14)8(9,16)7(15)5(13)4(12)2-10/h4-5,7,10,12-13,15-16H,2,9H2,1H3/t4-,5-,7+,8+/m1/s1. The van der Waals surface area contributed by atoms with Crippen molar-refractivity contribution in [3.8, 4) is 0 Å². The molecule has 0 aromatic rings. The molecule has 0 spiro atoms. The smallest absolute Gasteiger partial charge is 0.247 e. The summed E-state index contributed by atoms with van der Waals surface area (Å²) in [4.78, 5) is 21.7. The van der Waals surface area contributed by atoms with Gasteiger partial charge in [-0.2, -0.15) is 0 Å². The maximum Gasteiger partial charge on any atom is 0.247 e. The zero-order valence-electron chi connectivity index (χ0n) is 8.57. The van der Waals surface area contributed by atoms with Crippen LogP contribution in [0.15, 0.2) is 0 Å². The van der Waals surface area contributed by atoms with E-state index in [1.54, 1.807) is 0 Å². The van der Waals surface area contributed by atoms with Gasteiger partial charge in [-0.3, -0.25) is 15.3 Å². The Kier molecular flexibility index (Phi) is 5.13. The van der Waals surface area contributed by atoms with Crippen molar-refractivity contribution >= 4 is 11.6 Å². The van der Waals surface area contributed by atoms with Gasteiger partial charge >= 0.3 is 0 Å². The lowest BCUT2D eigenvalue weighted by atomic mass is 9.93. The summed E-state index contributed by atoms with van der Waals surface area (Å²) in [5, 5.41) is 45.3. The summed E-state index contributed by atoms with van der Waals surface area (Å²) in [6.45, 7) is -0.0930. The van der Waals surface area contributed by atoms with E-state index in [2.05, 4.69) is 0 Å². The molecule has 0 rings (SSSR count). The van der Waals surface area contributed by atoms with Gasteiger partial charge in [0.2, 0.25) is 11.5 Å². The summed E-state index contributed by atoms with van der Waals surface area (Å²) in [6, 6.07) is 0. The molecule has 0 radical (unpaired) electrons. The molecule has 16 heavy (non-hydrogen) atoms. The minimum atomic E-state index is -3.01. The van der Waals surface area contributed by atoms with E-state index < -0.39 is 42.2 Å². The fraction of sp³-hybridized carbons (Fsp3) is 0.750. The van der Waals surface area contributed by atoms with E-state index in [1.165, 1.54) is 0 Å². The van der Waals surface area contributed by atoms with Crippen molar-refractivity contribution in [2.24, 2.45) is 5.73 Å². The Bertz CT molecular complexity index is 278. The van der Waals surface area contributed by atoms with Crippen molar-refractivity contribution < 1.29 is 35.1 Å². The molecule has 0 aliphatic rings. The highest BCUT2D eigenvalue weighted by atomic mass is 16.4. The van der Waals surface area contributed by atoms with Crippen LogP contribution < -0.4 is 5.73 Å². The number of carbonyl (C=O) groups is 2. The van der Waals surface area contributed by atoms with Crippen molar-refractivity contribution in [1.82, 2.24) is 0 Å². The largest absolute Gasteiger partial charge is 0.394 e. The maximum absolute atomic E-state index is 11.1. The molecule has 0 fully saturated rings. The average Bonchev–Trinajstić information content (AvgIpc) is 2.24. The molecule has 0 unspecified atom stereocenters. The number of Topliss-reactive ketones (excluding diaryl/α,β-unsaturated/α-hetero) is 2. The summed E-state index contributed by atoms with van der Waals surface area (Å²) >= 11 is 0. The van der Waals surface area contributed by atoms with E-state index in [1.807, 2.05) is 0 Å². The van der Waals surface area contributed by atoms with Crippen LogP contribution in [0.25, 0.3) is 0 Å². The van der Waals surface area contributed by atoms with Crippen LogP contribution in [0.2, 0.25) is 0 Å². The number of ketones is 2. The van der Waals surface area contributed by atoms with Crippen molar-refractivity contribution in [1.29, 1.82) is 0 Å². The maximum atomic E-state index is 11.1. The number of carbonyl (C=O) groups excluding carboxylic acids is 2. The van der Waals surface area contributed by atoms with Gasteiger partial charge in [-0.1, -0.05) is 0 Å². The quantitative estimate of drug-likeness (QED) is 0.200. The molecule has 4 atom stereocenters. The first-order chi connectivity index (χ1) is 7.16. The van der Waals surface area contributed by atoms with E-state index in [-0.39, 0.29) is 0 Å². The summed E-state index contributed by atoms with van der Waals surface area (Å²) in [7, 11) is 0. The molecule has 0 saturated carbocycles. The van der Waals surface area contributed by atoms with Crippen LogP contribution in [0.3, 0.4) is 0 Å². The second-order valence-electron chi connectivity index (χ2n) is 3.40. The Morgan fingerprint density at radius 3 is 2.06 bits per heavy atom. The molecular weight excluding hydrogens is 222 g/mol. The first-order valence-electron chi connectivity index (χ1n) is 4.37. The fourth-order valence-corrected chi connectivity index (χ4v) is 0.995. The lowest BCUT2D eigenvalue weighted by Gasteiger charge is -2.31. The van der Waals surface area contributed by atoms with Crippen molar-refractivity contribution in [3.05, 3.63) is 0 Å². The van der Waals surface area contributed by atoms with Crippen molar-refractivity contribution in [2.45, 2.75) is 31.0 Å². The molecule has 8 heteroatoms. The van der Waals surface area contributed by atoms with Gasteiger partial charge in [-0.05, 0) is 0 Å². The van der Waals surface area contributed by atoms with Gasteiger partial charge in [0.05, 0.1) is 6.61 Å². The number of aliphatic hydroxyl groups excluding tert-OH is 4. The van der Waals surface area contributed by atoms with Gasteiger partial charge in [0.1, 0.15) is 18.3 Å². The number of aliphatic hydroxyl groups is 5. The van der Waals surface area contributed by atoms with E-state index in [9.17, 15) is 24.9 Å². The van der Waals surface area contributed by atoms with Crippen LogP contribution in [0.4, 0.5) is 0 Å². The lowest BCUT2D eigenvalue weighted by Crippen LogP contribution is -2.64. The second-order valence-corrected chi connectivity index (χ2v) is 3.40. The zero-order chi connectivity index (χ0) is 13.1. The molecule has 0 amide bonds. The summed E-state index contributed by atoms with van der Waals surface area (Å²) in [5.74, 6) is -2.63. The van der Waals surface area contributed by atoms with Crippen LogP contribution in [0.1, 0.15) is 6.92 Å². The molecule has 0 bridgehead atoms.